The fourth-order valence-electron chi connectivity index (χ4n) is 3.20. The van der Waals surface area contributed by atoms with Gasteiger partial charge in [-0.1, -0.05) is 19.3 Å². The number of carbonyl (C=O) groups is 2. The average molecular weight is 254 g/mol. The molecule has 0 aliphatic heterocycles. The highest BCUT2D eigenvalue weighted by Gasteiger charge is 2.38. The van der Waals surface area contributed by atoms with Crippen LogP contribution in [0.3, 0.4) is 0 Å². The minimum Gasteiger partial charge on any atom is -0.481 e. The largest absolute Gasteiger partial charge is 0.481 e. The Labute approximate surface area is 107 Å². The first-order valence-electron chi connectivity index (χ1n) is 6.88. The van der Waals surface area contributed by atoms with Gasteiger partial charge in [0.15, 0.2) is 0 Å². The first-order valence-corrected chi connectivity index (χ1v) is 6.88. The molecule has 2 aliphatic carbocycles. The Kier molecular flexibility index (Phi) is 4.22. The van der Waals surface area contributed by atoms with Crippen LogP contribution >= 0.6 is 0 Å². The summed E-state index contributed by atoms with van der Waals surface area (Å²) in [6.07, 6.45) is 6.19. The lowest BCUT2D eigenvalue weighted by molar-refractivity contribution is -0.146. The van der Waals surface area contributed by atoms with E-state index in [-0.39, 0.29) is 23.9 Å². The molecule has 5 nitrogen and oxygen atoms in total. The third kappa shape index (κ3) is 2.83. The van der Waals surface area contributed by atoms with E-state index in [4.69, 9.17) is 10.8 Å². The Morgan fingerprint density at radius 2 is 1.67 bits per heavy atom. The van der Waals surface area contributed by atoms with Gasteiger partial charge in [0, 0.05) is 12.1 Å². The topological polar surface area (TPSA) is 92.4 Å². The van der Waals surface area contributed by atoms with E-state index in [0.29, 0.717) is 12.8 Å². The van der Waals surface area contributed by atoms with Crippen molar-refractivity contribution in [2.45, 2.75) is 57.0 Å². The van der Waals surface area contributed by atoms with Crippen LogP contribution in [-0.2, 0) is 9.59 Å². The quantitative estimate of drug-likeness (QED) is 0.697. The molecule has 0 aromatic heterocycles. The smallest absolute Gasteiger partial charge is 0.307 e. The average Bonchev–Trinajstić information content (AvgIpc) is 2.81. The molecular weight excluding hydrogens is 232 g/mol. The van der Waals surface area contributed by atoms with Crippen molar-refractivity contribution in [2.24, 2.45) is 17.6 Å². The second kappa shape index (κ2) is 5.69. The number of carboxylic acid groups (broad SMARTS) is 1. The predicted octanol–water partition coefficient (Wildman–Crippen LogP) is 0.873. The van der Waals surface area contributed by atoms with Crippen LogP contribution in [0.2, 0.25) is 0 Å². The first kappa shape index (κ1) is 13.3. The van der Waals surface area contributed by atoms with Gasteiger partial charge in [0.2, 0.25) is 5.91 Å². The van der Waals surface area contributed by atoms with Crippen LogP contribution in [-0.4, -0.2) is 29.1 Å². The molecule has 2 saturated carbocycles. The second-order valence-electron chi connectivity index (χ2n) is 5.55. The van der Waals surface area contributed by atoms with Gasteiger partial charge in [-0.2, -0.15) is 0 Å². The van der Waals surface area contributed by atoms with Crippen LogP contribution < -0.4 is 11.1 Å². The molecule has 5 heteroatoms. The van der Waals surface area contributed by atoms with E-state index in [1.165, 1.54) is 0 Å². The highest BCUT2D eigenvalue weighted by atomic mass is 16.4. The molecule has 0 spiro atoms. The van der Waals surface area contributed by atoms with Gasteiger partial charge in [0.05, 0.1) is 11.8 Å². The molecule has 2 aliphatic rings. The van der Waals surface area contributed by atoms with Crippen LogP contribution in [0.25, 0.3) is 0 Å². The van der Waals surface area contributed by atoms with E-state index < -0.39 is 11.9 Å². The fraction of sp³-hybridized carbons (Fsp3) is 0.846. The van der Waals surface area contributed by atoms with Crippen molar-refractivity contribution in [2.75, 3.05) is 0 Å². The van der Waals surface area contributed by atoms with E-state index in [9.17, 15) is 9.59 Å². The molecule has 4 atom stereocenters. The second-order valence-corrected chi connectivity index (χ2v) is 5.55. The Bertz CT molecular complexity index is 332. The first-order chi connectivity index (χ1) is 8.59. The number of aliphatic carboxylic acids is 1. The molecule has 0 radical (unpaired) electrons. The zero-order valence-corrected chi connectivity index (χ0v) is 10.6. The minimum absolute atomic E-state index is 0.0207. The summed E-state index contributed by atoms with van der Waals surface area (Å²) in [5.41, 5.74) is 5.99. The number of carbonyl (C=O) groups excluding carboxylic acids is 1. The van der Waals surface area contributed by atoms with Gasteiger partial charge in [-0.25, -0.2) is 0 Å². The Hall–Kier alpha value is -1.10. The van der Waals surface area contributed by atoms with Gasteiger partial charge in [0.1, 0.15) is 0 Å². The molecular formula is C13H22N2O3. The lowest BCUT2D eigenvalue weighted by atomic mass is 9.89. The summed E-state index contributed by atoms with van der Waals surface area (Å²) in [7, 11) is 0. The summed E-state index contributed by atoms with van der Waals surface area (Å²) in [5, 5.41) is 12.1. The van der Waals surface area contributed by atoms with Crippen LogP contribution in [0.15, 0.2) is 0 Å². The molecule has 0 aromatic rings. The Morgan fingerprint density at radius 3 is 2.33 bits per heavy atom. The van der Waals surface area contributed by atoms with Crippen molar-refractivity contribution in [1.29, 1.82) is 0 Å². The maximum absolute atomic E-state index is 12.1. The van der Waals surface area contributed by atoms with Crippen molar-refractivity contribution < 1.29 is 14.7 Å². The Morgan fingerprint density at radius 1 is 1.00 bits per heavy atom. The molecule has 2 rings (SSSR count). The lowest BCUT2D eigenvalue weighted by Gasteiger charge is -2.30. The number of hydrogen-bond donors (Lipinski definition) is 3. The van der Waals surface area contributed by atoms with Crippen LogP contribution in [0, 0.1) is 11.8 Å². The lowest BCUT2D eigenvalue weighted by Crippen LogP contribution is -2.51. The summed E-state index contributed by atoms with van der Waals surface area (Å²) in [4.78, 5) is 23.2. The monoisotopic (exact) mass is 254 g/mol. The number of nitrogens with one attached hydrogen (secondary N) is 1. The molecule has 18 heavy (non-hydrogen) atoms. The summed E-state index contributed by atoms with van der Waals surface area (Å²) >= 11 is 0. The van der Waals surface area contributed by atoms with Gasteiger partial charge >= 0.3 is 5.97 Å². The molecule has 1 amide bonds. The maximum atomic E-state index is 12.1. The molecule has 0 heterocycles. The molecule has 0 aromatic carbocycles. The highest BCUT2D eigenvalue weighted by Crippen LogP contribution is 2.32. The van der Waals surface area contributed by atoms with Crippen molar-refractivity contribution in [1.82, 2.24) is 5.32 Å². The van der Waals surface area contributed by atoms with Crippen LogP contribution in [0.5, 0.6) is 0 Å². The molecule has 0 saturated heterocycles. The van der Waals surface area contributed by atoms with Crippen molar-refractivity contribution in [3.63, 3.8) is 0 Å². The predicted molar refractivity (Wildman–Crippen MR) is 66.8 cm³/mol. The normalized spacial score (nSPS) is 36.3. The van der Waals surface area contributed by atoms with Crippen LogP contribution in [0.1, 0.15) is 44.9 Å². The SMILES string of the molecule is NC1CCCCC1NC(=O)C1CCCC1C(=O)O. The zero-order valence-electron chi connectivity index (χ0n) is 10.6. The van der Waals surface area contributed by atoms with Gasteiger partial charge in [0.25, 0.3) is 0 Å². The standard InChI is InChI=1S/C13H22N2O3/c14-10-6-1-2-7-11(10)15-12(16)8-4-3-5-9(8)13(17)18/h8-11H,1-7,14H2,(H,15,16)(H,17,18). The zero-order chi connectivity index (χ0) is 13.1. The van der Waals surface area contributed by atoms with Gasteiger partial charge in [-0.3, -0.25) is 9.59 Å². The van der Waals surface area contributed by atoms with Crippen LogP contribution in [0.4, 0.5) is 0 Å². The van der Waals surface area contributed by atoms with E-state index in [1.807, 2.05) is 0 Å². The number of rotatable bonds is 3. The molecule has 0 bridgehead atoms. The van der Waals surface area contributed by atoms with Crippen molar-refractivity contribution in [3.05, 3.63) is 0 Å². The summed E-state index contributed by atoms with van der Waals surface area (Å²) in [6.45, 7) is 0. The third-order valence-electron chi connectivity index (χ3n) is 4.32. The number of amides is 1. The fourth-order valence-corrected chi connectivity index (χ4v) is 3.20. The minimum atomic E-state index is -0.847. The molecule has 102 valence electrons. The number of carboxylic acids is 1. The third-order valence-corrected chi connectivity index (χ3v) is 4.32. The molecule has 4 N–H and O–H groups in total. The number of hydrogen-bond acceptors (Lipinski definition) is 3. The van der Waals surface area contributed by atoms with E-state index in [1.54, 1.807) is 0 Å². The van der Waals surface area contributed by atoms with Crippen molar-refractivity contribution >= 4 is 11.9 Å². The summed E-state index contributed by atoms with van der Waals surface area (Å²) in [5.74, 6) is -1.83. The van der Waals surface area contributed by atoms with Gasteiger partial charge in [-0.15, -0.1) is 0 Å². The summed E-state index contributed by atoms with van der Waals surface area (Å²) in [6, 6.07) is 0.0497. The molecule has 4 unspecified atom stereocenters. The maximum Gasteiger partial charge on any atom is 0.307 e. The van der Waals surface area contributed by atoms with E-state index >= 15 is 0 Å². The van der Waals surface area contributed by atoms with Gasteiger partial charge in [-0.05, 0) is 25.7 Å². The Balaban J connectivity index is 1.92. The number of nitrogens with two attached hydrogens (primary N) is 1. The van der Waals surface area contributed by atoms with E-state index in [2.05, 4.69) is 5.32 Å². The van der Waals surface area contributed by atoms with Gasteiger partial charge < -0.3 is 16.2 Å². The molecule has 2 fully saturated rings. The van der Waals surface area contributed by atoms with Crippen molar-refractivity contribution in [3.8, 4) is 0 Å². The van der Waals surface area contributed by atoms with E-state index in [0.717, 1.165) is 32.1 Å². The summed E-state index contributed by atoms with van der Waals surface area (Å²) < 4.78 is 0. The highest BCUT2D eigenvalue weighted by molar-refractivity contribution is 5.85.